The summed E-state index contributed by atoms with van der Waals surface area (Å²) in [6.07, 6.45) is 3.82. The van der Waals surface area contributed by atoms with Crippen molar-refractivity contribution in [1.82, 2.24) is 15.5 Å². The largest absolute Gasteiger partial charge is 0.460 e. The topological polar surface area (TPSA) is 53.6 Å². The van der Waals surface area contributed by atoms with E-state index in [1.165, 1.54) is 19.3 Å². The van der Waals surface area contributed by atoms with Gasteiger partial charge in [-0.1, -0.05) is 30.3 Å². The van der Waals surface area contributed by atoms with E-state index in [1.54, 1.807) is 0 Å². The van der Waals surface area contributed by atoms with Crippen molar-refractivity contribution >= 4 is 5.97 Å². The third-order valence-corrected chi connectivity index (χ3v) is 5.08. The number of nitrogens with zero attached hydrogens (tertiary/aromatic N) is 1. The highest BCUT2D eigenvalue weighted by molar-refractivity contribution is 5.76. The van der Waals surface area contributed by atoms with Gasteiger partial charge in [-0.25, -0.2) is 0 Å². The number of carbonyl (C=O) groups excluding carboxylic acids is 1. The van der Waals surface area contributed by atoms with Crippen LogP contribution in [0.15, 0.2) is 30.3 Å². The van der Waals surface area contributed by atoms with Crippen LogP contribution in [0, 0.1) is 5.92 Å². The summed E-state index contributed by atoms with van der Waals surface area (Å²) in [5, 5.41) is 6.71. The summed E-state index contributed by atoms with van der Waals surface area (Å²) in [6, 6.07) is 9.65. The number of benzene rings is 1. The maximum atomic E-state index is 12.3. The average Bonchev–Trinajstić information content (AvgIpc) is 2.66. The van der Waals surface area contributed by atoms with E-state index in [4.69, 9.17) is 4.74 Å². The van der Waals surface area contributed by atoms with Gasteiger partial charge in [0.05, 0.1) is 0 Å². The minimum Gasteiger partial charge on any atom is -0.460 e. The Bertz CT molecular complexity index is 503. The van der Waals surface area contributed by atoms with Crippen LogP contribution in [0.25, 0.3) is 0 Å². The summed E-state index contributed by atoms with van der Waals surface area (Å²) in [7, 11) is 0. The van der Waals surface area contributed by atoms with Crippen LogP contribution in [0.1, 0.15) is 24.8 Å². The fourth-order valence-corrected chi connectivity index (χ4v) is 3.54. The summed E-state index contributed by atoms with van der Waals surface area (Å²) < 4.78 is 5.47. The fraction of sp³-hybridized carbons (Fsp3) is 0.632. The second-order valence-electron chi connectivity index (χ2n) is 6.88. The van der Waals surface area contributed by atoms with Crippen LogP contribution in [-0.2, 0) is 16.1 Å². The van der Waals surface area contributed by atoms with E-state index in [2.05, 4.69) is 15.5 Å². The van der Waals surface area contributed by atoms with Gasteiger partial charge in [0.25, 0.3) is 0 Å². The van der Waals surface area contributed by atoms with Gasteiger partial charge in [-0.2, -0.15) is 0 Å². The summed E-state index contributed by atoms with van der Waals surface area (Å²) in [5.74, 6) is 0.704. The van der Waals surface area contributed by atoms with Crippen molar-refractivity contribution in [2.24, 2.45) is 5.92 Å². The number of esters is 1. The summed E-state index contributed by atoms with van der Waals surface area (Å²) in [5.41, 5.74) is 1.03. The Labute approximate surface area is 144 Å². The highest BCUT2D eigenvalue weighted by Gasteiger charge is 2.27. The molecule has 1 aromatic carbocycles. The molecule has 2 saturated heterocycles. The average molecular weight is 331 g/mol. The molecule has 0 bridgehead atoms. The SMILES string of the molecule is O=C(OCc1ccccc1)C1CN(CCC2CCNCC2)CCN1. The van der Waals surface area contributed by atoms with Crippen molar-refractivity contribution < 1.29 is 9.53 Å². The highest BCUT2D eigenvalue weighted by Crippen LogP contribution is 2.17. The van der Waals surface area contributed by atoms with Gasteiger partial charge in [-0.15, -0.1) is 0 Å². The zero-order chi connectivity index (χ0) is 16.6. The summed E-state index contributed by atoms with van der Waals surface area (Å²) in [6.45, 7) is 6.40. The lowest BCUT2D eigenvalue weighted by molar-refractivity contribution is -0.148. The van der Waals surface area contributed by atoms with Crippen LogP contribution in [0.4, 0.5) is 0 Å². The molecule has 1 atom stereocenters. The zero-order valence-corrected chi connectivity index (χ0v) is 14.4. The molecule has 3 rings (SSSR count). The molecule has 2 heterocycles. The number of ether oxygens (including phenoxy) is 1. The van der Waals surface area contributed by atoms with Gasteiger partial charge < -0.3 is 15.4 Å². The number of carbonyl (C=O) groups is 1. The number of piperazine rings is 1. The molecule has 2 aliphatic heterocycles. The van der Waals surface area contributed by atoms with Crippen LogP contribution in [0.3, 0.4) is 0 Å². The Morgan fingerprint density at radius 1 is 1.17 bits per heavy atom. The number of hydrogen-bond acceptors (Lipinski definition) is 5. The molecule has 2 fully saturated rings. The molecule has 1 aromatic rings. The van der Waals surface area contributed by atoms with E-state index in [9.17, 15) is 4.79 Å². The molecule has 1 unspecified atom stereocenters. The predicted molar refractivity (Wildman–Crippen MR) is 94.7 cm³/mol. The van der Waals surface area contributed by atoms with Gasteiger partial charge in [-0.05, 0) is 50.4 Å². The van der Waals surface area contributed by atoms with Gasteiger partial charge >= 0.3 is 5.97 Å². The first-order valence-corrected chi connectivity index (χ1v) is 9.18. The van der Waals surface area contributed by atoms with Crippen molar-refractivity contribution in [2.45, 2.75) is 31.9 Å². The smallest absolute Gasteiger partial charge is 0.324 e. The van der Waals surface area contributed by atoms with Crippen molar-refractivity contribution in [1.29, 1.82) is 0 Å². The lowest BCUT2D eigenvalue weighted by Crippen LogP contribution is -2.54. The second kappa shape index (κ2) is 9.16. The van der Waals surface area contributed by atoms with Gasteiger partial charge in [0.2, 0.25) is 0 Å². The Morgan fingerprint density at radius 3 is 2.75 bits per heavy atom. The molecule has 0 radical (unpaired) electrons. The molecular formula is C19H29N3O2. The van der Waals surface area contributed by atoms with E-state index >= 15 is 0 Å². The van der Waals surface area contributed by atoms with Crippen LogP contribution in [-0.4, -0.2) is 56.2 Å². The van der Waals surface area contributed by atoms with E-state index in [0.717, 1.165) is 50.7 Å². The van der Waals surface area contributed by atoms with Crippen LogP contribution < -0.4 is 10.6 Å². The molecule has 2 aliphatic rings. The molecule has 2 N–H and O–H groups in total. The van der Waals surface area contributed by atoms with E-state index in [1.807, 2.05) is 30.3 Å². The zero-order valence-electron chi connectivity index (χ0n) is 14.4. The Morgan fingerprint density at radius 2 is 1.96 bits per heavy atom. The molecule has 5 heteroatoms. The lowest BCUT2D eigenvalue weighted by atomic mass is 9.94. The molecule has 0 saturated carbocycles. The highest BCUT2D eigenvalue weighted by atomic mass is 16.5. The van der Waals surface area contributed by atoms with Crippen molar-refractivity contribution in [3.05, 3.63) is 35.9 Å². The number of nitrogens with one attached hydrogen (secondary N) is 2. The van der Waals surface area contributed by atoms with Crippen LogP contribution in [0.5, 0.6) is 0 Å². The first-order chi connectivity index (χ1) is 11.8. The third-order valence-electron chi connectivity index (χ3n) is 5.08. The lowest BCUT2D eigenvalue weighted by Gasteiger charge is -2.33. The standard InChI is InChI=1S/C19H29N3O2/c23-19(24-15-17-4-2-1-3-5-17)18-14-22(13-11-21-18)12-8-16-6-9-20-10-7-16/h1-5,16,18,20-21H,6-15H2. The van der Waals surface area contributed by atoms with Crippen molar-refractivity contribution in [2.75, 3.05) is 39.3 Å². The Kier molecular flexibility index (Phi) is 6.64. The van der Waals surface area contributed by atoms with Gasteiger partial charge in [0.15, 0.2) is 0 Å². The summed E-state index contributed by atoms with van der Waals surface area (Å²) in [4.78, 5) is 14.7. The molecule has 0 aromatic heterocycles. The van der Waals surface area contributed by atoms with Gasteiger partial charge in [0.1, 0.15) is 12.6 Å². The van der Waals surface area contributed by atoms with E-state index in [0.29, 0.717) is 6.61 Å². The maximum Gasteiger partial charge on any atom is 0.324 e. The molecule has 5 nitrogen and oxygen atoms in total. The van der Waals surface area contributed by atoms with Crippen LogP contribution in [0.2, 0.25) is 0 Å². The second-order valence-corrected chi connectivity index (χ2v) is 6.88. The fourth-order valence-electron chi connectivity index (χ4n) is 3.54. The molecule has 0 aliphatic carbocycles. The minimum absolute atomic E-state index is 0.134. The first kappa shape index (κ1) is 17.4. The third kappa shape index (κ3) is 5.30. The quantitative estimate of drug-likeness (QED) is 0.772. The minimum atomic E-state index is -0.199. The van der Waals surface area contributed by atoms with Crippen LogP contribution >= 0.6 is 0 Å². The van der Waals surface area contributed by atoms with Crippen molar-refractivity contribution in [3.63, 3.8) is 0 Å². The number of piperidine rings is 1. The van der Waals surface area contributed by atoms with E-state index < -0.39 is 0 Å². The maximum absolute atomic E-state index is 12.3. The molecule has 0 amide bonds. The Balaban J connectivity index is 1.40. The molecule has 0 spiro atoms. The van der Waals surface area contributed by atoms with Crippen molar-refractivity contribution in [3.8, 4) is 0 Å². The number of rotatable bonds is 6. The Hall–Kier alpha value is -1.43. The first-order valence-electron chi connectivity index (χ1n) is 9.18. The molecular weight excluding hydrogens is 302 g/mol. The molecule has 24 heavy (non-hydrogen) atoms. The monoisotopic (exact) mass is 331 g/mol. The normalized spacial score (nSPS) is 23.1. The summed E-state index contributed by atoms with van der Waals surface area (Å²) >= 11 is 0. The number of hydrogen-bond donors (Lipinski definition) is 2. The van der Waals surface area contributed by atoms with Gasteiger partial charge in [-0.3, -0.25) is 9.69 Å². The predicted octanol–water partition coefficient (Wildman–Crippen LogP) is 1.39. The van der Waals surface area contributed by atoms with Gasteiger partial charge in [0, 0.05) is 19.6 Å². The molecule has 132 valence electrons. The van der Waals surface area contributed by atoms with E-state index in [-0.39, 0.29) is 12.0 Å².